The van der Waals surface area contributed by atoms with Crippen LogP contribution >= 0.6 is 11.6 Å². The average molecular weight is 307 g/mol. The molecule has 0 saturated carbocycles. The summed E-state index contributed by atoms with van der Waals surface area (Å²) in [5.41, 5.74) is 2.36. The Bertz CT molecular complexity index is 647. The van der Waals surface area contributed by atoms with Gasteiger partial charge in [0.25, 0.3) is 0 Å². The van der Waals surface area contributed by atoms with E-state index in [-0.39, 0.29) is 10.7 Å². The monoisotopic (exact) mass is 306 g/mol. The number of nitrogens with zero attached hydrogens (tertiary/aromatic N) is 1. The lowest BCUT2D eigenvalue weighted by atomic mass is 10.1. The first kappa shape index (κ1) is 15.3. The number of nitro groups is 1. The van der Waals surface area contributed by atoms with E-state index in [0.717, 1.165) is 11.1 Å². The highest BCUT2D eigenvalue weighted by atomic mass is 35.5. The third-order valence-corrected chi connectivity index (χ3v) is 3.36. The maximum atomic E-state index is 11.1. The highest BCUT2D eigenvalue weighted by Crippen LogP contribution is 2.32. The SMILES string of the molecule is COCc1ccccc1CNc1cccc(Cl)c1[N+](=O)[O-]. The molecule has 0 heterocycles. The van der Waals surface area contributed by atoms with Crippen molar-refractivity contribution in [3.05, 3.63) is 68.7 Å². The highest BCUT2D eigenvalue weighted by molar-refractivity contribution is 6.33. The second-order valence-electron chi connectivity index (χ2n) is 4.45. The van der Waals surface area contributed by atoms with E-state index < -0.39 is 4.92 Å². The number of rotatable bonds is 6. The van der Waals surface area contributed by atoms with Crippen molar-refractivity contribution in [2.24, 2.45) is 0 Å². The fourth-order valence-corrected chi connectivity index (χ4v) is 2.30. The van der Waals surface area contributed by atoms with E-state index in [2.05, 4.69) is 5.32 Å². The van der Waals surface area contributed by atoms with Crippen molar-refractivity contribution in [3.63, 3.8) is 0 Å². The Balaban J connectivity index is 2.21. The molecular formula is C15H15ClN2O3. The zero-order valence-corrected chi connectivity index (χ0v) is 12.3. The van der Waals surface area contributed by atoms with Crippen LogP contribution in [0.15, 0.2) is 42.5 Å². The molecule has 0 aliphatic rings. The zero-order chi connectivity index (χ0) is 15.2. The summed E-state index contributed by atoms with van der Waals surface area (Å²) in [5.74, 6) is 0. The lowest BCUT2D eigenvalue weighted by Gasteiger charge is -2.11. The number of para-hydroxylation sites is 1. The predicted octanol–water partition coefficient (Wildman–Crippen LogP) is 4.01. The summed E-state index contributed by atoms with van der Waals surface area (Å²) in [6.07, 6.45) is 0. The van der Waals surface area contributed by atoms with E-state index in [9.17, 15) is 10.1 Å². The molecule has 0 fully saturated rings. The smallest absolute Gasteiger partial charge is 0.310 e. The van der Waals surface area contributed by atoms with Gasteiger partial charge in [0.15, 0.2) is 0 Å². The van der Waals surface area contributed by atoms with Gasteiger partial charge in [-0.15, -0.1) is 0 Å². The van der Waals surface area contributed by atoms with Gasteiger partial charge in [0.2, 0.25) is 0 Å². The van der Waals surface area contributed by atoms with E-state index in [1.54, 1.807) is 19.2 Å². The highest BCUT2D eigenvalue weighted by Gasteiger charge is 2.18. The number of nitrogens with one attached hydrogen (secondary N) is 1. The van der Waals surface area contributed by atoms with Gasteiger partial charge < -0.3 is 10.1 Å². The van der Waals surface area contributed by atoms with Crippen molar-refractivity contribution in [2.45, 2.75) is 13.2 Å². The number of ether oxygens (including phenoxy) is 1. The molecule has 5 nitrogen and oxygen atoms in total. The molecule has 0 saturated heterocycles. The topological polar surface area (TPSA) is 64.4 Å². The minimum atomic E-state index is -0.480. The molecule has 1 N–H and O–H groups in total. The molecule has 0 unspecified atom stereocenters. The quantitative estimate of drug-likeness (QED) is 0.647. The van der Waals surface area contributed by atoms with Crippen molar-refractivity contribution in [2.75, 3.05) is 12.4 Å². The summed E-state index contributed by atoms with van der Waals surface area (Å²) in [6.45, 7) is 0.955. The first-order chi connectivity index (χ1) is 10.1. The Kier molecular flexibility index (Phi) is 5.14. The summed E-state index contributed by atoms with van der Waals surface area (Å²) < 4.78 is 5.14. The van der Waals surface area contributed by atoms with Gasteiger partial charge in [-0.1, -0.05) is 41.9 Å². The van der Waals surface area contributed by atoms with Crippen LogP contribution in [0.25, 0.3) is 0 Å². The zero-order valence-electron chi connectivity index (χ0n) is 11.5. The van der Waals surface area contributed by atoms with E-state index in [1.165, 1.54) is 6.07 Å². The van der Waals surface area contributed by atoms with E-state index in [4.69, 9.17) is 16.3 Å². The van der Waals surface area contributed by atoms with Gasteiger partial charge in [0, 0.05) is 13.7 Å². The Hall–Kier alpha value is -2.11. The molecule has 2 aromatic carbocycles. The number of benzene rings is 2. The summed E-state index contributed by atoms with van der Waals surface area (Å²) >= 11 is 5.89. The molecule has 0 bridgehead atoms. The van der Waals surface area contributed by atoms with Crippen molar-refractivity contribution < 1.29 is 9.66 Å². The minimum Gasteiger partial charge on any atom is -0.380 e. The Morgan fingerprint density at radius 2 is 1.90 bits per heavy atom. The first-order valence-corrected chi connectivity index (χ1v) is 6.73. The van der Waals surface area contributed by atoms with Gasteiger partial charge in [0.1, 0.15) is 10.7 Å². The number of hydrogen-bond donors (Lipinski definition) is 1. The normalized spacial score (nSPS) is 10.4. The fraction of sp³-hybridized carbons (Fsp3) is 0.200. The number of methoxy groups -OCH3 is 1. The fourth-order valence-electron chi connectivity index (χ4n) is 2.06. The van der Waals surface area contributed by atoms with Gasteiger partial charge in [-0.3, -0.25) is 10.1 Å². The second kappa shape index (κ2) is 7.06. The van der Waals surface area contributed by atoms with Crippen LogP contribution in [0.2, 0.25) is 5.02 Å². The van der Waals surface area contributed by atoms with Crippen LogP contribution in [0.5, 0.6) is 0 Å². The van der Waals surface area contributed by atoms with Gasteiger partial charge in [-0.05, 0) is 23.3 Å². The van der Waals surface area contributed by atoms with Crippen LogP contribution in [-0.4, -0.2) is 12.0 Å². The third kappa shape index (κ3) is 3.71. The second-order valence-corrected chi connectivity index (χ2v) is 4.86. The molecule has 0 aliphatic heterocycles. The molecule has 0 amide bonds. The molecule has 0 spiro atoms. The molecule has 110 valence electrons. The van der Waals surface area contributed by atoms with Crippen molar-refractivity contribution in [3.8, 4) is 0 Å². The Morgan fingerprint density at radius 3 is 2.57 bits per heavy atom. The molecule has 0 aliphatic carbocycles. The molecule has 21 heavy (non-hydrogen) atoms. The number of halogens is 1. The molecule has 0 radical (unpaired) electrons. The largest absolute Gasteiger partial charge is 0.380 e. The van der Waals surface area contributed by atoms with E-state index in [0.29, 0.717) is 18.8 Å². The molecule has 2 rings (SSSR count). The number of anilines is 1. The summed E-state index contributed by atoms with van der Waals surface area (Å²) in [6, 6.07) is 12.6. The maximum absolute atomic E-state index is 11.1. The number of nitro benzene ring substituents is 1. The van der Waals surface area contributed by atoms with Crippen LogP contribution in [0.4, 0.5) is 11.4 Å². The van der Waals surface area contributed by atoms with Crippen molar-refractivity contribution in [1.29, 1.82) is 0 Å². The predicted molar refractivity (Wildman–Crippen MR) is 82.6 cm³/mol. The average Bonchev–Trinajstić information content (AvgIpc) is 2.46. The van der Waals surface area contributed by atoms with Gasteiger partial charge >= 0.3 is 5.69 Å². The molecule has 0 aromatic heterocycles. The van der Waals surface area contributed by atoms with Gasteiger partial charge in [-0.25, -0.2) is 0 Å². The first-order valence-electron chi connectivity index (χ1n) is 6.36. The third-order valence-electron chi connectivity index (χ3n) is 3.06. The van der Waals surface area contributed by atoms with Crippen LogP contribution < -0.4 is 5.32 Å². The summed E-state index contributed by atoms with van der Waals surface area (Å²) in [4.78, 5) is 10.6. The van der Waals surface area contributed by atoms with Gasteiger partial charge in [-0.2, -0.15) is 0 Å². The molecule has 2 aromatic rings. The van der Waals surface area contributed by atoms with Crippen LogP contribution in [0, 0.1) is 10.1 Å². The summed E-state index contributed by atoms with van der Waals surface area (Å²) in [7, 11) is 1.63. The molecular weight excluding hydrogens is 292 g/mol. The van der Waals surface area contributed by atoms with E-state index >= 15 is 0 Å². The maximum Gasteiger partial charge on any atom is 0.310 e. The minimum absolute atomic E-state index is 0.108. The standard InChI is InChI=1S/C15H15ClN2O3/c1-21-10-12-6-3-2-5-11(12)9-17-14-8-4-7-13(16)15(14)18(19)20/h2-8,17H,9-10H2,1H3. The van der Waals surface area contributed by atoms with E-state index in [1.807, 2.05) is 24.3 Å². The van der Waals surface area contributed by atoms with Crippen molar-refractivity contribution in [1.82, 2.24) is 0 Å². The van der Waals surface area contributed by atoms with Crippen LogP contribution in [-0.2, 0) is 17.9 Å². The molecule has 6 heteroatoms. The lowest BCUT2D eigenvalue weighted by Crippen LogP contribution is -2.05. The Morgan fingerprint density at radius 1 is 1.19 bits per heavy atom. The van der Waals surface area contributed by atoms with Crippen LogP contribution in [0.3, 0.4) is 0 Å². The van der Waals surface area contributed by atoms with Crippen LogP contribution in [0.1, 0.15) is 11.1 Å². The van der Waals surface area contributed by atoms with Crippen molar-refractivity contribution >= 4 is 23.0 Å². The molecule has 0 atom stereocenters. The Labute approximate surface area is 127 Å². The lowest BCUT2D eigenvalue weighted by molar-refractivity contribution is -0.383. The number of hydrogen-bond acceptors (Lipinski definition) is 4. The van der Waals surface area contributed by atoms with Gasteiger partial charge in [0.05, 0.1) is 11.5 Å². The summed E-state index contributed by atoms with van der Waals surface area (Å²) in [5, 5.41) is 14.3.